The van der Waals surface area contributed by atoms with E-state index in [2.05, 4.69) is 20.5 Å². The number of halogens is 4. The van der Waals surface area contributed by atoms with Crippen LogP contribution in [0.5, 0.6) is 0 Å². The summed E-state index contributed by atoms with van der Waals surface area (Å²) in [5, 5.41) is 6.40. The van der Waals surface area contributed by atoms with Gasteiger partial charge in [-0.3, -0.25) is 14.7 Å². The first-order chi connectivity index (χ1) is 13.3. The Balaban J connectivity index is 0.00000420. The van der Waals surface area contributed by atoms with Crippen molar-refractivity contribution in [3.05, 3.63) is 0 Å². The van der Waals surface area contributed by atoms with Crippen molar-refractivity contribution in [2.24, 2.45) is 16.6 Å². The maximum Gasteiger partial charge on any atom is 0.401 e. The molecule has 11 heteroatoms. The number of aliphatic imine (C=N–C) groups is 1. The molecule has 170 valence electrons. The summed E-state index contributed by atoms with van der Waals surface area (Å²) in [5.41, 5.74) is 5.41. The van der Waals surface area contributed by atoms with Crippen molar-refractivity contribution in [1.29, 1.82) is 0 Å². The van der Waals surface area contributed by atoms with Gasteiger partial charge in [0.05, 0.1) is 12.5 Å². The predicted molar refractivity (Wildman–Crippen MR) is 118 cm³/mol. The maximum atomic E-state index is 12.5. The Bertz CT molecular complexity index is 534. The van der Waals surface area contributed by atoms with Crippen LogP contribution in [-0.2, 0) is 4.79 Å². The molecule has 4 N–H and O–H groups in total. The molecule has 2 aliphatic rings. The van der Waals surface area contributed by atoms with Crippen LogP contribution in [0.15, 0.2) is 4.99 Å². The van der Waals surface area contributed by atoms with Crippen molar-refractivity contribution < 1.29 is 18.0 Å². The standard InChI is InChI=1S/C18H33F3N6O.HI/c1-2-23-17(25-15-6-10-27(12-15)13-18(19,20)21)24-7-4-9-26-8-3-5-14(11-26)16(22)28;/h14-15H,2-13H2,1H3,(H2,22,28)(H2,23,24,25);1H. The third kappa shape index (κ3) is 10.2. The van der Waals surface area contributed by atoms with E-state index in [1.54, 1.807) is 0 Å². The summed E-state index contributed by atoms with van der Waals surface area (Å²) in [5.74, 6) is 0.366. The molecule has 0 aromatic carbocycles. The number of primary amides is 1. The molecule has 2 fully saturated rings. The number of carbonyl (C=O) groups is 1. The molecule has 2 rings (SSSR count). The molecule has 2 aliphatic heterocycles. The Morgan fingerprint density at radius 3 is 2.62 bits per heavy atom. The van der Waals surface area contributed by atoms with Crippen LogP contribution < -0.4 is 16.4 Å². The smallest absolute Gasteiger partial charge is 0.369 e. The molecule has 2 atom stereocenters. The van der Waals surface area contributed by atoms with Gasteiger partial charge < -0.3 is 21.3 Å². The fourth-order valence-corrected chi connectivity index (χ4v) is 3.84. The summed E-state index contributed by atoms with van der Waals surface area (Å²) >= 11 is 0. The molecule has 0 aliphatic carbocycles. The van der Waals surface area contributed by atoms with E-state index in [1.165, 1.54) is 4.90 Å². The van der Waals surface area contributed by atoms with E-state index >= 15 is 0 Å². The number of nitrogens with one attached hydrogen (secondary N) is 2. The van der Waals surface area contributed by atoms with Gasteiger partial charge in [0.2, 0.25) is 5.91 Å². The number of hydrogen-bond acceptors (Lipinski definition) is 4. The number of carbonyl (C=O) groups excluding carboxylic acids is 1. The maximum absolute atomic E-state index is 12.5. The summed E-state index contributed by atoms with van der Waals surface area (Å²) in [4.78, 5) is 19.6. The lowest BCUT2D eigenvalue weighted by atomic mass is 9.97. The summed E-state index contributed by atoms with van der Waals surface area (Å²) in [6.07, 6.45) is -0.784. The highest BCUT2D eigenvalue weighted by atomic mass is 127. The number of likely N-dealkylation sites (tertiary alicyclic amines) is 2. The second kappa shape index (κ2) is 12.8. The topological polar surface area (TPSA) is 86.0 Å². The van der Waals surface area contributed by atoms with Crippen LogP contribution in [0.25, 0.3) is 0 Å². The Morgan fingerprint density at radius 1 is 1.21 bits per heavy atom. The average Bonchev–Trinajstić information content (AvgIpc) is 3.04. The summed E-state index contributed by atoms with van der Waals surface area (Å²) in [6, 6.07) is -0.0291. The molecule has 2 saturated heterocycles. The van der Waals surface area contributed by atoms with Crippen LogP contribution in [0, 0.1) is 5.92 Å². The fraction of sp³-hybridized carbons (Fsp3) is 0.889. The summed E-state index contributed by atoms with van der Waals surface area (Å²) in [7, 11) is 0. The first-order valence-electron chi connectivity index (χ1n) is 10.1. The number of nitrogens with two attached hydrogens (primary N) is 1. The van der Waals surface area contributed by atoms with Gasteiger partial charge in [0.1, 0.15) is 0 Å². The first kappa shape index (κ1) is 26.2. The van der Waals surface area contributed by atoms with Gasteiger partial charge in [-0.1, -0.05) is 0 Å². The van der Waals surface area contributed by atoms with E-state index in [9.17, 15) is 18.0 Å². The zero-order valence-corrected chi connectivity index (χ0v) is 19.3. The van der Waals surface area contributed by atoms with E-state index in [4.69, 9.17) is 5.73 Å². The molecule has 0 bridgehead atoms. The first-order valence-corrected chi connectivity index (χ1v) is 10.1. The van der Waals surface area contributed by atoms with Crippen LogP contribution in [0.3, 0.4) is 0 Å². The zero-order chi connectivity index (χ0) is 20.6. The largest absolute Gasteiger partial charge is 0.401 e. The Hall–Kier alpha value is -0.820. The number of hydrogen-bond donors (Lipinski definition) is 3. The van der Waals surface area contributed by atoms with Gasteiger partial charge >= 0.3 is 6.18 Å². The van der Waals surface area contributed by atoms with Crippen molar-refractivity contribution in [3.63, 3.8) is 0 Å². The fourth-order valence-electron chi connectivity index (χ4n) is 3.84. The highest BCUT2D eigenvalue weighted by Crippen LogP contribution is 2.20. The van der Waals surface area contributed by atoms with Crippen LogP contribution in [0.4, 0.5) is 13.2 Å². The van der Waals surface area contributed by atoms with Crippen molar-refractivity contribution in [2.75, 3.05) is 52.4 Å². The van der Waals surface area contributed by atoms with Crippen molar-refractivity contribution in [3.8, 4) is 0 Å². The quantitative estimate of drug-likeness (QED) is 0.190. The second-order valence-corrected chi connectivity index (χ2v) is 7.64. The number of guanidine groups is 1. The molecular weight excluding hydrogens is 500 g/mol. The lowest BCUT2D eigenvalue weighted by molar-refractivity contribution is -0.143. The van der Waals surface area contributed by atoms with Crippen molar-refractivity contribution >= 4 is 35.8 Å². The van der Waals surface area contributed by atoms with Gasteiger partial charge in [-0.2, -0.15) is 13.2 Å². The number of rotatable bonds is 8. The van der Waals surface area contributed by atoms with Gasteiger partial charge in [-0.05, 0) is 45.7 Å². The van der Waals surface area contributed by atoms with Crippen LogP contribution in [0.1, 0.15) is 32.6 Å². The molecule has 7 nitrogen and oxygen atoms in total. The molecule has 0 aromatic heterocycles. The minimum absolute atomic E-state index is 0. The lowest BCUT2D eigenvalue weighted by Gasteiger charge is -2.30. The second-order valence-electron chi connectivity index (χ2n) is 7.64. The summed E-state index contributed by atoms with van der Waals surface area (Å²) in [6.45, 7) is 5.76. The normalized spacial score (nSPS) is 24.2. The number of amides is 1. The van der Waals surface area contributed by atoms with Crippen LogP contribution in [0.2, 0.25) is 0 Å². The van der Waals surface area contributed by atoms with Crippen molar-refractivity contribution in [1.82, 2.24) is 20.4 Å². The molecule has 0 saturated carbocycles. The molecule has 0 spiro atoms. The molecule has 0 radical (unpaired) electrons. The van der Waals surface area contributed by atoms with Crippen LogP contribution >= 0.6 is 24.0 Å². The van der Waals surface area contributed by atoms with Gasteiger partial charge in [-0.25, -0.2) is 0 Å². The third-order valence-electron chi connectivity index (χ3n) is 5.17. The van der Waals surface area contributed by atoms with E-state index < -0.39 is 12.7 Å². The average molecular weight is 534 g/mol. The van der Waals surface area contributed by atoms with Gasteiger partial charge in [0.25, 0.3) is 0 Å². The number of piperidine rings is 1. The zero-order valence-electron chi connectivity index (χ0n) is 17.0. The number of alkyl halides is 3. The highest BCUT2D eigenvalue weighted by molar-refractivity contribution is 14.0. The molecule has 0 aromatic rings. The molecule has 1 amide bonds. The monoisotopic (exact) mass is 534 g/mol. The van der Waals surface area contributed by atoms with Gasteiger partial charge in [-0.15, -0.1) is 24.0 Å². The van der Waals surface area contributed by atoms with Gasteiger partial charge in [0.15, 0.2) is 5.96 Å². The Kier molecular flexibility index (Phi) is 11.6. The minimum atomic E-state index is -4.16. The van der Waals surface area contributed by atoms with Crippen molar-refractivity contribution in [2.45, 2.75) is 44.8 Å². The predicted octanol–water partition coefficient (Wildman–Crippen LogP) is 1.38. The molecule has 29 heavy (non-hydrogen) atoms. The van der Waals surface area contributed by atoms with E-state index in [1.807, 2.05) is 6.92 Å². The Labute approximate surface area is 188 Å². The van der Waals surface area contributed by atoms with E-state index in [-0.39, 0.29) is 41.8 Å². The van der Waals surface area contributed by atoms with E-state index in [0.717, 1.165) is 32.4 Å². The SMILES string of the molecule is CCNC(=NCCCN1CCCC(C(N)=O)C1)NC1CCN(CC(F)(F)F)C1.I. The molecule has 2 heterocycles. The molecular formula is C18H34F3IN6O. The van der Waals surface area contributed by atoms with Crippen LogP contribution in [-0.4, -0.2) is 86.2 Å². The summed E-state index contributed by atoms with van der Waals surface area (Å²) < 4.78 is 37.6. The molecule has 2 unspecified atom stereocenters. The Morgan fingerprint density at radius 2 is 1.97 bits per heavy atom. The highest BCUT2D eigenvalue weighted by Gasteiger charge is 2.34. The van der Waals surface area contributed by atoms with Gasteiger partial charge in [0, 0.05) is 38.8 Å². The lowest BCUT2D eigenvalue weighted by Crippen LogP contribution is -2.45. The minimum Gasteiger partial charge on any atom is -0.369 e. The van der Waals surface area contributed by atoms with E-state index in [0.29, 0.717) is 45.1 Å². The third-order valence-corrected chi connectivity index (χ3v) is 5.17. The number of nitrogens with zero attached hydrogens (tertiary/aromatic N) is 3.